The number of carbonyl (C=O) groups excluding carboxylic acids is 1. The van der Waals surface area contributed by atoms with Gasteiger partial charge in [-0.15, -0.1) is 0 Å². The van der Waals surface area contributed by atoms with Crippen LogP contribution in [0.3, 0.4) is 0 Å². The summed E-state index contributed by atoms with van der Waals surface area (Å²) in [6.45, 7) is 4.14. The number of nitrogens with two attached hydrogens (primary N) is 1. The Morgan fingerprint density at radius 3 is 2.92 bits per heavy atom. The molecule has 12 heteroatoms. The van der Waals surface area contributed by atoms with Crippen molar-refractivity contribution in [3.63, 3.8) is 0 Å². The van der Waals surface area contributed by atoms with Crippen molar-refractivity contribution < 1.29 is 18.7 Å². The van der Waals surface area contributed by atoms with Gasteiger partial charge >= 0.3 is 0 Å². The maximum Gasteiger partial charge on any atom is 0.273 e. The third-order valence-electron chi connectivity index (χ3n) is 11.3. The van der Waals surface area contributed by atoms with Gasteiger partial charge in [-0.2, -0.15) is 10.4 Å². The Morgan fingerprint density at radius 2 is 2.08 bits per heavy atom. The molecule has 48 heavy (non-hydrogen) atoms. The first-order chi connectivity index (χ1) is 23.2. The molecular weight excluding hydrogens is 611 g/mol. The zero-order valence-corrected chi connectivity index (χ0v) is 27.8. The van der Waals surface area contributed by atoms with E-state index in [9.17, 15) is 14.4 Å². The molecule has 6 heterocycles. The lowest BCUT2D eigenvalue weighted by atomic mass is 9.72. The lowest BCUT2D eigenvalue weighted by molar-refractivity contribution is -0.0855. The van der Waals surface area contributed by atoms with E-state index < -0.39 is 11.8 Å². The molecule has 8 rings (SSSR count). The molecule has 0 saturated carbocycles. The molecule has 0 bridgehead atoms. The van der Waals surface area contributed by atoms with Gasteiger partial charge in [0.15, 0.2) is 5.69 Å². The SMILES string of the molecule is CN(C)C(=O)c1cc2n(n1)CCCN(c1cc(OC[C@@]34CCCN3C[C@H](F)C4)nc3c1CO[C@@]1(CCCc4ccc(N)c(C#N)c41)C3)C2. The van der Waals surface area contributed by atoms with Crippen molar-refractivity contribution >= 4 is 17.3 Å². The second kappa shape index (κ2) is 11.7. The topological polar surface area (TPSA) is 126 Å². The maximum atomic E-state index is 14.6. The molecule has 1 aliphatic carbocycles. The van der Waals surface area contributed by atoms with E-state index in [2.05, 4.69) is 21.0 Å². The number of hydrogen-bond acceptors (Lipinski definition) is 9. The number of aryl methyl sites for hydroxylation is 2. The number of ether oxygens (including phenoxy) is 2. The van der Waals surface area contributed by atoms with Gasteiger partial charge in [0, 0.05) is 75.1 Å². The van der Waals surface area contributed by atoms with Gasteiger partial charge in [-0.05, 0) is 62.8 Å². The molecule has 2 N–H and O–H groups in total. The van der Waals surface area contributed by atoms with E-state index in [0.29, 0.717) is 68.5 Å². The van der Waals surface area contributed by atoms with Crippen LogP contribution in [0.4, 0.5) is 15.8 Å². The summed E-state index contributed by atoms with van der Waals surface area (Å²) >= 11 is 0. The van der Waals surface area contributed by atoms with Gasteiger partial charge in [0.25, 0.3) is 5.91 Å². The summed E-state index contributed by atoms with van der Waals surface area (Å²) in [7, 11) is 3.47. The number of rotatable bonds is 5. The van der Waals surface area contributed by atoms with Crippen LogP contribution in [0.5, 0.6) is 5.88 Å². The minimum absolute atomic E-state index is 0.120. The number of nitrogen functional groups attached to an aromatic ring is 1. The third kappa shape index (κ3) is 5.10. The molecule has 1 spiro atoms. The van der Waals surface area contributed by atoms with E-state index in [0.717, 1.165) is 85.4 Å². The Hall–Kier alpha value is -4.21. The Bertz CT molecular complexity index is 1820. The number of carbonyl (C=O) groups is 1. The zero-order chi connectivity index (χ0) is 33.2. The zero-order valence-electron chi connectivity index (χ0n) is 27.8. The van der Waals surface area contributed by atoms with E-state index in [4.69, 9.17) is 20.2 Å². The Balaban J connectivity index is 1.18. The quantitative estimate of drug-likeness (QED) is 0.405. The lowest BCUT2D eigenvalue weighted by Gasteiger charge is -2.43. The summed E-state index contributed by atoms with van der Waals surface area (Å²) in [4.78, 5) is 24.0. The van der Waals surface area contributed by atoms with E-state index >= 15 is 0 Å². The number of pyridine rings is 1. The van der Waals surface area contributed by atoms with Gasteiger partial charge in [-0.25, -0.2) is 9.37 Å². The summed E-state index contributed by atoms with van der Waals surface area (Å²) in [6, 6.07) is 10.1. The minimum Gasteiger partial charge on any atom is -0.476 e. The third-order valence-corrected chi connectivity index (χ3v) is 11.3. The molecule has 0 radical (unpaired) electrons. The molecular formula is C36H43FN8O3. The van der Waals surface area contributed by atoms with Gasteiger partial charge < -0.3 is 25.0 Å². The van der Waals surface area contributed by atoms with Gasteiger partial charge in [0.05, 0.1) is 35.6 Å². The van der Waals surface area contributed by atoms with Crippen LogP contribution >= 0.6 is 0 Å². The molecule has 2 fully saturated rings. The molecule has 2 saturated heterocycles. The number of halogens is 1. The summed E-state index contributed by atoms with van der Waals surface area (Å²) in [6.07, 6.45) is 5.53. The molecule has 3 aromatic rings. The normalized spacial score (nSPS) is 26.3. The van der Waals surface area contributed by atoms with Crippen LogP contribution in [0.15, 0.2) is 24.3 Å². The predicted octanol–water partition coefficient (Wildman–Crippen LogP) is 4.10. The van der Waals surface area contributed by atoms with Crippen LogP contribution in [0.1, 0.15) is 82.7 Å². The number of anilines is 2. The van der Waals surface area contributed by atoms with Crippen molar-refractivity contribution in [1.82, 2.24) is 24.6 Å². The van der Waals surface area contributed by atoms with Gasteiger partial charge in [0.1, 0.15) is 24.4 Å². The number of amides is 1. The van der Waals surface area contributed by atoms with Crippen molar-refractivity contribution in [2.75, 3.05) is 51.0 Å². The van der Waals surface area contributed by atoms with Crippen molar-refractivity contribution in [2.45, 2.75) is 88.4 Å². The van der Waals surface area contributed by atoms with Crippen molar-refractivity contribution in [3.8, 4) is 11.9 Å². The fourth-order valence-electron chi connectivity index (χ4n) is 8.96. The molecule has 5 aliphatic rings. The predicted molar refractivity (Wildman–Crippen MR) is 177 cm³/mol. The number of nitriles is 1. The molecule has 252 valence electrons. The van der Waals surface area contributed by atoms with Gasteiger partial charge in [-0.3, -0.25) is 14.4 Å². The molecule has 11 nitrogen and oxygen atoms in total. The average molecular weight is 655 g/mol. The van der Waals surface area contributed by atoms with Crippen LogP contribution in [-0.4, -0.2) is 82.5 Å². The average Bonchev–Trinajstić information content (AvgIpc) is 3.70. The van der Waals surface area contributed by atoms with Crippen LogP contribution in [0.25, 0.3) is 0 Å². The highest BCUT2D eigenvalue weighted by Gasteiger charge is 2.50. The first-order valence-electron chi connectivity index (χ1n) is 17.2. The maximum absolute atomic E-state index is 14.6. The van der Waals surface area contributed by atoms with E-state index in [1.165, 1.54) is 0 Å². The highest BCUT2D eigenvalue weighted by molar-refractivity contribution is 5.92. The second-order valence-electron chi connectivity index (χ2n) is 14.5. The molecule has 4 aliphatic heterocycles. The number of hydrogen-bond donors (Lipinski definition) is 1. The van der Waals surface area contributed by atoms with E-state index in [-0.39, 0.29) is 11.4 Å². The second-order valence-corrected chi connectivity index (χ2v) is 14.5. The fourth-order valence-corrected chi connectivity index (χ4v) is 8.96. The molecule has 2 aromatic heterocycles. The Labute approximate surface area is 280 Å². The molecule has 1 aromatic carbocycles. The van der Waals surface area contributed by atoms with Crippen molar-refractivity contribution in [2.24, 2.45) is 0 Å². The van der Waals surface area contributed by atoms with Crippen molar-refractivity contribution in [1.29, 1.82) is 5.26 Å². The van der Waals surface area contributed by atoms with Crippen LogP contribution < -0.4 is 15.4 Å². The smallest absolute Gasteiger partial charge is 0.273 e. The van der Waals surface area contributed by atoms with Crippen LogP contribution in [0.2, 0.25) is 0 Å². The van der Waals surface area contributed by atoms with Gasteiger partial charge in [-0.1, -0.05) is 6.07 Å². The number of nitrogens with zero attached hydrogens (tertiary/aromatic N) is 7. The summed E-state index contributed by atoms with van der Waals surface area (Å²) in [5, 5.41) is 14.8. The fraction of sp³-hybridized carbons (Fsp3) is 0.556. The monoisotopic (exact) mass is 654 g/mol. The molecule has 3 atom stereocenters. The van der Waals surface area contributed by atoms with Crippen molar-refractivity contribution in [3.05, 3.63) is 63.6 Å². The molecule has 0 unspecified atom stereocenters. The number of benzene rings is 1. The minimum atomic E-state index is -0.836. The first kappa shape index (κ1) is 31.1. The summed E-state index contributed by atoms with van der Waals surface area (Å²) in [5.74, 6) is 0.403. The number of aromatic nitrogens is 3. The van der Waals surface area contributed by atoms with Gasteiger partial charge in [0.2, 0.25) is 5.88 Å². The van der Waals surface area contributed by atoms with Crippen LogP contribution in [-0.2, 0) is 42.9 Å². The highest BCUT2D eigenvalue weighted by Crippen LogP contribution is 2.49. The summed E-state index contributed by atoms with van der Waals surface area (Å²) in [5.41, 5.74) is 12.6. The largest absolute Gasteiger partial charge is 0.476 e. The van der Waals surface area contributed by atoms with E-state index in [1.54, 1.807) is 19.0 Å². The Morgan fingerprint density at radius 1 is 1.21 bits per heavy atom. The highest BCUT2D eigenvalue weighted by atomic mass is 19.1. The standard InChI is InChI=1S/C36H43FN8O3/c1-42(2)34(46)29-14-25-20-43(11-5-13-45(25)41-29)31-15-32(47-22-35-9-4-12-44(35)19-24(37)16-35)40-30-17-36(48-21-27(30)31)10-3-6-23-7-8-28(39)26(18-38)33(23)36/h7-8,14-15,24H,3-6,9-13,16-17,19-22,39H2,1-2H3/t24-,35+,36+/m1/s1. The lowest BCUT2D eigenvalue weighted by Crippen LogP contribution is -2.43. The first-order valence-corrected chi connectivity index (χ1v) is 17.2. The van der Waals surface area contributed by atoms with E-state index in [1.807, 2.05) is 28.9 Å². The number of fused-ring (bicyclic) bond motifs is 5. The summed E-state index contributed by atoms with van der Waals surface area (Å²) < 4.78 is 30.0. The number of alkyl halides is 1. The van der Waals surface area contributed by atoms with Crippen LogP contribution in [0, 0.1) is 11.3 Å². The molecule has 1 amide bonds. The Kier molecular flexibility index (Phi) is 7.60.